The standard InChI is InChI=1S/C13H25NO/c1-10(2)11-4-7-13(3,8-5-11)12(15)6-9-14/h10-11H,4-9,14H2,1-3H3. The largest absolute Gasteiger partial charge is 0.330 e. The molecule has 0 amide bonds. The van der Waals surface area contributed by atoms with Crippen LogP contribution in [-0.4, -0.2) is 12.3 Å². The van der Waals surface area contributed by atoms with Crippen molar-refractivity contribution in [1.29, 1.82) is 0 Å². The van der Waals surface area contributed by atoms with E-state index >= 15 is 0 Å². The molecule has 0 heterocycles. The highest BCUT2D eigenvalue weighted by Gasteiger charge is 2.36. The summed E-state index contributed by atoms with van der Waals surface area (Å²) in [6, 6.07) is 0. The first kappa shape index (κ1) is 12.7. The lowest BCUT2D eigenvalue weighted by molar-refractivity contribution is -0.130. The first-order chi connectivity index (χ1) is 6.99. The van der Waals surface area contributed by atoms with Crippen LogP contribution >= 0.6 is 0 Å². The second-order valence-corrected chi connectivity index (χ2v) is 5.60. The maximum absolute atomic E-state index is 11.9. The zero-order valence-electron chi connectivity index (χ0n) is 10.4. The first-order valence-corrected chi connectivity index (χ1v) is 6.23. The van der Waals surface area contributed by atoms with E-state index in [4.69, 9.17) is 5.73 Å². The first-order valence-electron chi connectivity index (χ1n) is 6.23. The molecule has 2 heteroatoms. The Balaban J connectivity index is 2.50. The van der Waals surface area contributed by atoms with Gasteiger partial charge in [-0.05, 0) is 44.1 Å². The predicted molar refractivity (Wildman–Crippen MR) is 63.6 cm³/mol. The topological polar surface area (TPSA) is 43.1 Å². The van der Waals surface area contributed by atoms with Crippen LogP contribution in [0.1, 0.15) is 52.9 Å². The van der Waals surface area contributed by atoms with Crippen LogP contribution in [0.25, 0.3) is 0 Å². The van der Waals surface area contributed by atoms with Gasteiger partial charge < -0.3 is 5.73 Å². The van der Waals surface area contributed by atoms with Gasteiger partial charge in [-0.1, -0.05) is 20.8 Å². The highest BCUT2D eigenvalue weighted by molar-refractivity contribution is 5.84. The number of hydrogen-bond donors (Lipinski definition) is 1. The van der Waals surface area contributed by atoms with E-state index in [0.717, 1.165) is 24.7 Å². The third-order valence-corrected chi connectivity index (χ3v) is 4.12. The average molecular weight is 211 g/mol. The molecule has 1 fully saturated rings. The Morgan fingerprint density at radius 1 is 1.40 bits per heavy atom. The van der Waals surface area contributed by atoms with E-state index in [1.165, 1.54) is 12.8 Å². The number of Topliss-reactive ketones (excluding diaryl/α,β-unsaturated/α-hetero) is 1. The maximum atomic E-state index is 11.9. The third-order valence-electron chi connectivity index (χ3n) is 4.12. The van der Waals surface area contributed by atoms with Gasteiger partial charge in [-0.25, -0.2) is 0 Å². The predicted octanol–water partition coefficient (Wildman–Crippen LogP) is 2.76. The zero-order chi connectivity index (χ0) is 11.5. The van der Waals surface area contributed by atoms with Crippen molar-refractivity contribution in [2.24, 2.45) is 23.0 Å². The fourth-order valence-corrected chi connectivity index (χ4v) is 2.66. The fourth-order valence-electron chi connectivity index (χ4n) is 2.66. The van der Waals surface area contributed by atoms with Crippen molar-refractivity contribution < 1.29 is 4.79 Å². The fraction of sp³-hybridized carbons (Fsp3) is 0.923. The Kier molecular flexibility index (Phi) is 4.32. The molecule has 2 N–H and O–H groups in total. The van der Waals surface area contributed by atoms with Gasteiger partial charge in [0.2, 0.25) is 0 Å². The summed E-state index contributed by atoms with van der Waals surface area (Å²) in [5.74, 6) is 1.97. The molecule has 88 valence electrons. The number of rotatable bonds is 4. The monoisotopic (exact) mass is 211 g/mol. The Morgan fingerprint density at radius 2 is 1.93 bits per heavy atom. The molecule has 1 aliphatic rings. The van der Waals surface area contributed by atoms with E-state index in [1.54, 1.807) is 0 Å². The summed E-state index contributed by atoms with van der Waals surface area (Å²) in [7, 11) is 0. The quantitative estimate of drug-likeness (QED) is 0.777. The average Bonchev–Trinajstić information content (AvgIpc) is 2.18. The lowest BCUT2D eigenvalue weighted by Gasteiger charge is -2.37. The third kappa shape index (κ3) is 3.04. The minimum Gasteiger partial charge on any atom is -0.330 e. The van der Waals surface area contributed by atoms with Gasteiger partial charge in [-0.2, -0.15) is 0 Å². The van der Waals surface area contributed by atoms with Crippen LogP contribution in [0.3, 0.4) is 0 Å². The molecule has 0 unspecified atom stereocenters. The zero-order valence-corrected chi connectivity index (χ0v) is 10.4. The van der Waals surface area contributed by atoms with Crippen LogP contribution in [0, 0.1) is 17.3 Å². The van der Waals surface area contributed by atoms with Gasteiger partial charge in [0.05, 0.1) is 0 Å². The van der Waals surface area contributed by atoms with E-state index < -0.39 is 0 Å². The van der Waals surface area contributed by atoms with Crippen molar-refractivity contribution in [1.82, 2.24) is 0 Å². The molecule has 1 saturated carbocycles. The van der Waals surface area contributed by atoms with E-state index in [0.29, 0.717) is 18.7 Å². The van der Waals surface area contributed by atoms with Gasteiger partial charge in [0.15, 0.2) is 0 Å². The normalized spacial score (nSPS) is 31.9. The van der Waals surface area contributed by atoms with Crippen molar-refractivity contribution in [2.45, 2.75) is 52.9 Å². The second kappa shape index (κ2) is 5.11. The Labute approximate surface area is 93.6 Å². The van der Waals surface area contributed by atoms with Gasteiger partial charge in [-0.15, -0.1) is 0 Å². The van der Waals surface area contributed by atoms with E-state index in [9.17, 15) is 4.79 Å². The summed E-state index contributed by atoms with van der Waals surface area (Å²) in [5, 5.41) is 0. The molecule has 0 saturated heterocycles. The SMILES string of the molecule is CC(C)C1CCC(C)(C(=O)CCN)CC1. The molecular weight excluding hydrogens is 186 g/mol. The minimum atomic E-state index is -0.0647. The van der Waals surface area contributed by atoms with E-state index in [-0.39, 0.29) is 5.41 Å². The van der Waals surface area contributed by atoms with Crippen LogP contribution in [-0.2, 0) is 4.79 Å². The van der Waals surface area contributed by atoms with Gasteiger partial charge in [-0.3, -0.25) is 4.79 Å². The second-order valence-electron chi connectivity index (χ2n) is 5.60. The summed E-state index contributed by atoms with van der Waals surface area (Å²) in [6.45, 7) is 7.20. The number of nitrogens with two attached hydrogens (primary N) is 1. The minimum absolute atomic E-state index is 0.0647. The van der Waals surface area contributed by atoms with Gasteiger partial charge >= 0.3 is 0 Å². The van der Waals surface area contributed by atoms with Crippen molar-refractivity contribution >= 4 is 5.78 Å². The highest BCUT2D eigenvalue weighted by atomic mass is 16.1. The van der Waals surface area contributed by atoms with Crippen LogP contribution in [0.15, 0.2) is 0 Å². The molecule has 0 atom stereocenters. The van der Waals surface area contributed by atoms with E-state index in [1.807, 2.05) is 0 Å². The number of ketones is 1. The number of carbonyl (C=O) groups is 1. The maximum Gasteiger partial charge on any atom is 0.140 e. The molecule has 1 rings (SSSR count). The highest BCUT2D eigenvalue weighted by Crippen LogP contribution is 2.42. The van der Waals surface area contributed by atoms with E-state index in [2.05, 4.69) is 20.8 Å². The smallest absolute Gasteiger partial charge is 0.140 e. The number of hydrogen-bond acceptors (Lipinski definition) is 2. The van der Waals surface area contributed by atoms with Crippen LogP contribution in [0.4, 0.5) is 0 Å². The Hall–Kier alpha value is -0.370. The summed E-state index contributed by atoms with van der Waals surface area (Å²) < 4.78 is 0. The summed E-state index contributed by atoms with van der Waals surface area (Å²) in [6.07, 6.45) is 5.11. The van der Waals surface area contributed by atoms with Crippen LogP contribution in [0.2, 0.25) is 0 Å². The molecule has 0 aromatic rings. The molecule has 2 nitrogen and oxygen atoms in total. The molecule has 0 aromatic heterocycles. The summed E-state index contributed by atoms with van der Waals surface area (Å²) in [4.78, 5) is 11.9. The Bertz CT molecular complexity index is 215. The molecule has 1 aliphatic carbocycles. The molecule has 15 heavy (non-hydrogen) atoms. The van der Waals surface area contributed by atoms with Crippen LogP contribution < -0.4 is 5.73 Å². The van der Waals surface area contributed by atoms with Gasteiger partial charge in [0, 0.05) is 11.8 Å². The van der Waals surface area contributed by atoms with Crippen molar-refractivity contribution in [3.63, 3.8) is 0 Å². The van der Waals surface area contributed by atoms with Crippen molar-refractivity contribution in [2.75, 3.05) is 6.54 Å². The van der Waals surface area contributed by atoms with Crippen molar-refractivity contribution in [3.8, 4) is 0 Å². The van der Waals surface area contributed by atoms with Crippen LogP contribution in [0.5, 0.6) is 0 Å². The molecule has 0 radical (unpaired) electrons. The molecule has 0 aliphatic heterocycles. The lowest BCUT2D eigenvalue weighted by Crippen LogP contribution is -2.34. The molecular formula is C13H25NO. The van der Waals surface area contributed by atoms with Gasteiger partial charge in [0.1, 0.15) is 5.78 Å². The number of carbonyl (C=O) groups excluding carboxylic acids is 1. The van der Waals surface area contributed by atoms with Gasteiger partial charge in [0.25, 0.3) is 0 Å². The molecule has 0 bridgehead atoms. The summed E-state index contributed by atoms with van der Waals surface area (Å²) in [5.41, 5.74) is 5.38. The lowest BCUT2D eigenvalue weighted by atomic mass is 9.66. The Morgan fingerprint density at radius 3 is 2.33 bits per heavy atom. The molecule has 0 spiro atoms. The summed E-state index contributed by atoms with van der Waals surface area (Å²) >= 11 is 0. The van der Waals surface area contributed by atoms with Crippen molar-refractivity contribution in [3.05, 3.63) is 0 Å². The molecule has 0 aromatic carbocycles.